The van der Waals surface area contributed by atoms with E-state index in [4.69, 9.17) is 0 Å². The van der Waals surface area contributed by atoms with E-state index in [0.717, 1.165) is 38.8 Å². The number of carbonyl (C=O) groups excluding carboxylic acids is 1. The first-order valence-corrected chi connectivity index (χ1v) is 6.31. The van der Waals surface area contributed by atoms with Gasteiger partial charge in [-0.1, -0.05) is 19.8 Å². The van der Waals surface area contributed by atoms with Gasteiger partial charge in [0.15, 0.2) is 0 Å². The van der Waals surface area contributed by atoms with Crippen molar-refractivity contribution >= 4 is 5.91 Å². The topological polar surface area (TPSA) is 52.6 Å². The highest BCUT2D eigenvalue weighted by Crippen LogP contribution is 2.22. The van der Waals surface area contributed by atoms with Crippen LogP contribution in [0.4, 0.5) is 0 Å². The minimum atomic E-state index is -0.332. The van der Waals surface area contributed by atoms with Gasteiger partial charge in [-0.05, 0) is 19.4 Å². The third-order valence-electron chi connectivity index (χ3n) is 3.35. The van der Waals surface area contributed by atoms with Crippen molar-refractivity contribution in [2.24, 2.45) is 0 Å². The molecule has 0 radical (unpaired) electrons. The van der Waals surface area contributed by atoms with Crippen molar-refractivity contribution in [1.82, 2.24) is 10.2 Å². The van der Waals surface area contributed by atoms with Crippen LogP contribution in [0.3, 0.4) is 0 Å². The van der Waals surface area contributed by atoms with E-state index >= 15 is 0 Å². The van der Waals surface area contributed by atoms with Gasteiger partial charge < -0.3 is 15.3 Å². The average molecular weight is 228 g/mol. The number of rotatable bonds is 5. The molecule has 16 heavy (non-hydrogen) atoms. The van der Waals surface area contributed by atoms with Gasteiger partial charge in [-0.15, -0.1) is 0 Å². The molecule has 2 atom stereocenters. The Morgan fingerprint density at radius 3 is 2.75 bits per heavy atom. The normalized spacial score (nSPS) is 25.4. The molecular formula is C12H24N2O2. The maximum Gasteiger partial charge on any atom is 0.223 e. The molecule has 1 fully saturated rings. The Bertz CT molecular complexity index is 221. The predicted octanol–water partition coefficient (Wildman–Crippen LogP) is 0.748. The van der Waals surface area contributed by atoms with Gasteiger partial charge in [-0.3, -0.25) is 4.79 Å². The monoisotopic (exact) mass is 228 g/mol. The lowest BCUT2D eigenvalue weighted by Gasteiger charge is -2.35. The number of aliphatic hydroxyl groups excluding tert-OH is 1. The Morgan fingerprint density at radius 2 is 2.12 bits per heavy atom. The Morgan fingerprint density at radius 1 is 1.44 bits per heavy atom. The van der Waals surface area contributed by atoms with Crippen LogP contribution in [0, 0.1) is 0 Å². The van der Waals surface area contributed by atoms with Gasteiger partial charge in [-0.25, -0.2) is 0 Å². The van der Waals surface area contributed by atoms with Crippen molar-refractivity contribution in [3.05, 3.63) is 0 Å². The van der Waals surface area contributed by atoms with Crippen LogP contribution < -0.4 is 5.32 Å². The Labute approximate surface area is 98.0 Å². The lowest BCUT2D eigenvalue weighted by Crippen LogP contribution is -2.46. The highest BCUT2D eigenvalue weighted by Gasteiger charge is 2.28. The summed E-state index contributed by atoms with van der Waals surface area (Å²) in [5, 5.41) is 13.0. The summed E-state index contributed by atoms with van der Waals surface area (Å²) in [4.78, 5) is 13.6. The molecule has 1 aliphatic carbocycles. The second-order valence-corrected chi connectivity index (χ2v) is 4.53. The molecule has 1 saturated carbocycles. The smallest absolute Gasteiger partial charge is 0.223 e. The summed E-state index contributed by atoms with van der Waals surface area (Å²) in [7, 11) is 1.81. The highest BCUT2D eigenvalue weighted by molar-refractivity contribution is 5.76. The van der Waals surface area contributed by atoms with Gasteiger partial charge in [0, 0.05) is 20.0 Å². The molecule has 0 spiro atoms. The number of carbonyl (C=O) groups is 1. The molecule has 2 N–H and O–H groups in total. The number of hydrogen-bond acceptors (Lipinski definition) is 3. The van der Waals surface area contributed by atoms with Crippen LogP contribution in [0.2, 0.25) is 0 Å². The van der Waals surface area contributed by atoms with Crippen molar-refractivity contribution in [3.8, 4) is 0 Å². The molecule has 0 aromatic heterocycles. The standard InChI is InChI=1S/C12H24N2O2/c1-3-13-9-8-12(16)14(2)10-6-4-5-7-11(10)15/h10-11,13,15H,3-9H2,1-2H3. The third kappa shape index (κ3) is 3.76. The minimum absolute atomic E-state index is 0.0304. The summed E-state index contributed by atoms with van der Waals surface area (Å²) in [5.41, 5.74) is 0. The SMILES string of the molecule is CCNCCC(=O)N(C)C1CCCCC1O. The molecule has 0 aliphatic heterocycles. The molecule has 0 bridgehead atoms. The molecule has 4 nitrogen and oxygen atoms in total. The molecule has 94 valence electrons. The van der Waals surface area contributed by atoms with E-state index in [1.807, 2.05) is 14.0 Å². The zero-order chi connectivity index (χ0) is 12.0. The molecule has 1 rings (SSSR count). The van der Waals surface area contributed by atoms with Gasteiger partial charge in [0.05, 0.1) is 12.1 Å². The van der Waals surface area contributed by atoms with E-state index in [0.29, 0.717) is 6.42 Å². The first kappa shape index (κ1) is 13.5. The predicted molar refractivity (Wildman–Crippen MR) is 64.2 cm³/mol. The lowest BCUT2D eigenvalue weighted by molar-refractivity contribution is -0.135. The second-order valence-electron chi connectivity index (χ2n) is 4.53. The molecule has 1 amide bonds. The van der Waals surface area contributed by atoms with E-state index < -0.39 is 0 Å². The molecule has 1 aliphatic rings. The fourth-order valence-corrected chi connectivity index (χ4v) is 2.28. The fourth-order valence-electron chi connectivity index (χ4n) is 2.28. The summed E-state index contributed by atoms with van der Waals surface area (Å²) in [5.74, 6) is 0.131. The van der Waals surface area contributed by atoms with E-state index in [1.165, 1.54) is 0 Å². The van der Waals surface area contributed by atoms with Crippen LogP contribution in [0.25, 0.3) is 0 Å². The van der Waals surface area contributed by atoms with Gasteiger partial charge in [0.2, 0.25) is 5.91 Å². The number of amides is 1. The molecule has 4 heteroatoms. The first-order chi connectivity index (χ1) is 7.66. The quantitative estimate of drug-likeness (QED) is 0.683. The van der Waals surface area contributed by atoms with Crippen LogP contribution >= 0.6 is 0 Å². The number of nitrogens with zero attached hydrogens (tertiary/aromatic N) is 1. The summed E-state index contributed by atoms with van der Waals surface area (Å²) in [6.45, 7) is 3.64. The Balaban J connectivity index is 2.36. The summed E-state index contributed by atoms with van der Waals surface area (Å²) < 4.78 is 0. The maximum atomic E-state index is 11.8. The molecule has 0 aromatic carbocycles. The Hall–Kier alpha value is -0.610. The van der Waals surface area contributed by atoms with Crippen molar-refractivity contribution in [2.45, 2.75) is 51.2 Å². The zero-order valence-corrected chi connectivity index (χ0v) is 10.4. The van der Waals surface area contributed by atoms with Crippen molar-refractivity contribution in [1.29, 1.82) is 0 Å². The maximum absolute atomic E-state index is 11.8. The summed E-state index contributed by atoms with van der Waals surface area (Å²) >= 11 is 0. The van der Waals surface area contributed by atoms with Gasteiger partial charge in [0.1, 0.15) is 0 Å². The van der Waals surface area contributed by atoms with Crippen LogP contribution in [0.1, 0.15) is 39.0 Å². The summed E-state index contributed by atoms with van der Waals surface area (Å²) in [6.07, 6.45) is 4.15. The number of nitrogens with one attached hydrogen (secondary N) is 1. The van der Waals surface area contributed by atoms with Gasteiger partial charge >= 0.3 is 0 Å². The van der Waals surface area contributed by atoms with E-state index in [-0.39, 0.29) is 18.1 Å². The van der Waals surface area contributed by atoms with Crippen molar-refractivity contribution < 1.29 is 9.90 Å². The van der Waals surface area contributed by atoms with E-state index in [1.54, 1.807) is 4.90 Å². The molecular weight excluding hydrogens is 204 g/mol. The van der Waals surface area contributed by atoms with Gasteiger partial charge in [0.25, 0.3) is 0 Å². The summed E-state index contributed by atoms with van der Waals surface area (Å²) in [6, 6.07) is 0.0304. The van der Waals surface area contributed by atoms with E-state index in [9.17, 15) is 9.90 Å². The Kier molecular flexibility index (Phi) is 5.77. The van der Waals surface area contributed by atoms with Crippen LogP contribution in [0.15, 0.2) is 0 Å². The lowest BCUT2D eigenvalue weighted by atomic mass is 9.91. The zero-order valence-electron chi connectivity index (χ0n) is 10.4. The molecule has 0 saturated heterocycles. The molecule has 0 aromatic rings. The van der Waals surface area contributed by atoms with Crippen LogP contribution in [0.5, 0.6) is 0 Å². The van der Waals surface area contributed by atoms with Gasteiger partial charge in [-0.2, -0.15) is 0 Å². The van der Waals surface area contributed by atoms with Crippen LogP contribution in [-0.4, -0.2) is 48.2 Å². The molecule has 0 heterocycles. The molecule has 2 unspecified atom stereocenters. The average Bonchev–Trinajstić information content (AvgIpc) is 2.29. The largest absolute Gasteiger partial charge is 0.391 e. The van der Waals surface area contributed by atoms with E-state index in [2.05, 4.69) is 5.32 Å². The minimum Gasteiger partial charge on any atom is -0.391 e. The van der Waals surface area contributed by atoms with Crippen LogP contribution in [-0.2, 0) is 4.79 Å². The van der Waals surface area contributed by atoms with Crippen molar-refractivity contribution in [2.75, 3.05) is 20.1 Å². The number of hydrogen-bond donors (Lipinski definition) is 2. The second kappa shape index (κ2) is 6.86. The third-order valence-corrected chi connectivity index (χ3v) is 3.35. The highest BCUT2D eigenvalue weighted by atomic mass is 16.3. The number of likely N-dealkylation sites (N-methyl/N-ethyl adjacent to an activating group) is 1. The number of aliphatic hydroxyl groups is 1. The first-order valence-electron chi connectivity index (χ1n) is 6.31. The van der Waals surface area contributed by atoms with Crippen molar-refractivity contribution in [3.63, 3.8) is 0 Å². The fraction of sp³-hybridized carbons (Fsp3) is 0.917.